The first-order valence-corrected chi connectivity index (χ1v) is 19.7. The molecule has 1 amide bonds. The summed E-state index contributed by atoms with van der Waals surface area (Å²) in [5.41, 5.74) is 1.30. The van der Waals surface area contributed by atoms with E-state index < -0.39 is 22.9 Å². The van der Waals surface area contributed by atoms with Crippen molar-refractivity contribution in [3.05, 3.63) is 137 Å². The normalized spacial score (nSPS) is 11.4. The first kappa shape index (κ1) is 47.8. The number of amides is 1. The maximum absolute atomic E-state index is 14.2. The first-order valence-electron chi connectivity index (χ1n) is 19.7. The molecule has 0 aliphatic heterocycles. The predicted molar refractivity (Wildman–Crippen MR) is 228 cm³/mol. The zero-order chi connectivity index (χ0) is 44.1. The van der Waals surface area contributed by atoms with Crippen molar-refractivity contribution in [2.45, 2.75) is 58.4 Å². The van der Waals surface area contributed by atoms with E-state index in [0.717, 1.165) is 11.1 Å². The molecule has 60 heavy (non-hydrogen) atoms. The van der Waals surface area contributed by atoms with Crippen LogP contribution in [-0.4, -0.2) is 102 Å². The molecular weight excluding hydrogens is 771 g/mol. The molecule has 3 aromatic rings. The third kappa shape index (κ3) is 15.6. The summed E-state index contributed by atoms with van der Waals surface area (Å²) in [6.45, 7) is 14.5. The van der Waals surface area contributed by atoms with Gasteiger partial charge in [0.1, 0.15) is 37.9 Å². The highest BCUT2D eigenvalue weighted by Gasteiger charge is 2.31. The second-order valence-electron chi connectivity index (χ2n) is 14.4. The van der Waals surface area contributed by atoms with E-state index in [-0.39, 0.29) is 50.3 Å². The summed E-state index contributed by atoms with van der Waals surface area (Å²) in [5, 5.41) is 19.3. The van der Waals surface area contributed by atoms with E-state index in [1.165, 1.54) is 16.7 Å². The Morgan fingerprint density at radius 3 is 1.87 bits per heavy atom. The monoisotopic (exact) mass is 827 g/mol. The van der Waals surface area contributed by atoms with Crippen LogP contribution in [0.5, 0.6) is 17.2 Å². The number of pyridine rings is 1. The number of aliphatic hydroxyl groups excluding tert-OH is 1. The maximum atomic E-state index is 14.2. The second-order valence-corrected chi connectivity index (χ2v) is 14.4. The average Bonchev–Trinajstić information content (AvgIpc) is 3.23. The SMILES string of the molecule is C=C(C)C(=O)OCCOc1ccc(C(C)(CCC(=O)N(CCCN(C)/C=C\C=C(\O)C=O)CCCn2cccc(O)c2=O)c2ccc(OCCOC(=O)C(=C)C)cc2)cc1. The molecule has 0 saturated heterocycles. The molecule has 14 nitrogen and oxygen atoms in total. The molecule has 0 unspecified atom stereocenters. The molecular formula is C46H57N3O11. The van der Waals surface area contributed by atoms with Crippen LogP contribution in [0.2, 0.25) is 0 Å². The Balaban J connectivity index is 1.81. The van der Waals surface area contributed by atoms with Crippen LogP contribution in [0.15, 0.2) is 120 Å². The van der Waals surface area contributed by atoms with Gasteiger partial charge < -0.3 is 43.5 Å². The molecule has 1 heterocycles. The number of carbonyl (C=O) groups excluding carboxylic acids is 4. The largest absolute Gasteiger partial charge is 0.505 e. The lowest BCUT2D eigenvalue weighted by atomic mass is 9.73. The number of carbonyl (C=O) groups is 4. The van der Waals surface area contributed by atoms with E-state index in [0.29, 0.717) is 74.4 Å². The molecule has 3 rings (SSSR count). The number of rotatable bonds is 26. The van der Waals surface area contributed by atoms with Gasteiger partial charge in [-0.25, -0.2) is 9.59 Å². The van der Waals surface area contributed by atoms with Crippen LogP contribution < -0.4 is 15.0 Å². The number of benzene rings is 2. The first-order chi connectivity index (χ1) is 28.6. The number of nitrogens with zero attached hydrogens (tertiary/aromatic N) is 3. The van der Waals surface area contributed by atoms with E-state index in [1.54, 1.807) is 43.3 Å². The van der Waals surface area contributed by atoms with Gasteiger partial charge in [-0.2, -0.15) is 0 Å². The zero-order valence-electron chi connectivity index (χ0n) is 35.0. The van der Waals surface area contributed by atoms with Crippen LogP contribution in [0.1, 0.15) is 57.6 Å². The average molecular weight is 828 g/mol. The van der Waals surface area contributed by atoms with Crippen LogP contribution in [0.3, 0.4) is 0 Å². The Kier molecular flexibility index (Phi) is 19.4. The fourth-order valence-corrected chi connectivity index (χ4v) is 6.05. The van der Waals surface area contributed by atoms with Gasteiger partial charge in [0.15, 0.2) is 17.8 Å². The summed E-state index contributed by atoms with van der Waals surface area (Å²) in [7, 11) is 1.85. The molecule has 1 aromatic heterocycles. The van der Waals surface area contributed by atoms with Crippen molar-refractivity contribution in [2.75, 3.05) is 53.1 Å². The van der Waals surface area contributed by atoms with Gasteiger partial charge in [-0.1, -0.05) is 44.3 Å². The van der Waals surface area contributed by atoms with Crippen molar-refractivity contribution in [2.24, 2.45) is 0 Å². The van der Waals surface area contributed by atoms with Crippen LogP contribution in [0.4, 0.5) is 0 Å². The van der Waals surface area contributed by atoms with Crippen LogP contribution in [0, 0.1) is 0 Å². The molecule has 0 spiro atoms. The van der Waals surface area contributed by atoms with Gasteiger partial charge in [-0.15, -0.1) is 0 Å². The number of aldehydes is 1. The van der Waals surface area contributed by atoms with Gasteiger partial charge >= 0.3 is 11.9 Å². The summed E-state index contributed by atoms with van der Waals surface area (Å²) >= 11 is 0. The lowest BCUT2D eigenvalue weighted by Gasteiger charge is -2.32. The van der Waals surface area contributed by atoms with E-state index in [4.69, 9.17) is 18.9 Å². The smallest absolute Gasteiger partial charge is 0.333 e. The van der Waals surface area contributed by atoms with Gasteiger partial charge in [0.25, 0.3) is 5.56 Å². The number of aromatic nitrogens is 1. The molecule has 0 aliphatic carbocycles. The number of aryl methyl sites for hydroxylation is 1. The molecule has 0 atom stereocenters. The zero-order valence-corrected chi connectivity index (χ0v) is 35.0. The molecule has 0 aliphatic rings. The summed E-state index contributed by atoms with van der Waals surface area (Å²) in [6, 6.07) is 18.0. The van der Waals surface area contributed by atoms with Crippen molar-refractivity contribution in [3.63, 3.8) is 0 Å². The van der Waals surface area contributed by atoms with E-state index in [9.17, 15) is 34.2 Å². The lowest BCUT2D eigenvalue weighted by Crippen LogP contribution is -2.36. The molecule has 2 N–H and O–H groups in total. The molecule has 322 valence electrons. The molecule has 0 radical (unpaired) electrons. The quantitative estimate of drug-likeness (QED) is 0.0241. The number of esters is 2. The van der Waals surface area contributed by atoms with Crippen LogP contribution in [0.25, 0.3) is 0 Å². The number of hydrogen-bond acceptors (Lipinski definition) is 12. The van der Waals surface area contributed by atoms with E-state index in [2.05, 4.69) is 20.1 Å². The summed E-state index contributed by atoms with van der Waals surface area (Å²) in [5.74, 6) is -0.626. The van der Waals surface area contributed by atoms with Crippen molar-refractivity contribution < 1.29 is 48.3 Å². The van der Waals surface area contributed by atoms with E-state index >= 15 is 0 Å². The second kappa shape index (κ2) is 24.4. The van der Waals surface area contributed by atoms with Crippen LogP contribution in [-0.2, 0) is 40.6 Å². The molecule has 0 bridgehead atoms. The minimum absolute atomic E-state index is 0.0649. The number of allylic oxidation sites excluding steroid dienone is 3. The maximum Gasteiger partial charge on any atom is 0.333 e. The van der Waals surface area contributed by atoms with Crippen LogP contribution >= 0.6 is 0 Å². The van der Waals surface area contributed by atoms with Crippen molar-refractivity contribution in [1.82, 2.24) is 14.4 Å². The van der Waals surface area contributed by atoms with Crippen molar-refractivity contribution >= 4 is 24.1 Å². The third-order valence-electron chi connectivity index (χ3n) is 9.54. The molecule has 2 aromatic carbocycles. The summed E-state index contributed by atoms with van der Waals surface area (Å²) in [4.78, 5) is 64.4. The lowest BCUT2D eigenvalue weighted by molar-refractivity contribution is -0.140. The summed E-state index contributed by atoms with van der Waals surface area (Å²) in [6.07, 6.45) is 8.21. The number of ether oxygens (including phenoxy) is 4. The highest BCUT2D eigenvalue weighted by atomic mass is 16.6. The van der Waals surface area contributed by atoms with E-state index in [1.807, 2.05) is 60.5 Å². The Labute approximate surface area is 351 Å². The topological polar surface area (TPSA) is 174 Å². The number of hydrogen-bond donors (Lipinski definition) is 2. The predicted octanol–water partition coefficient (Wildman–Crippen LogP) is 6.03. The van der Waals surface area contributed by atoms with Crippen molar-refractivity contribution in [3.8, 4) is 17.2 Å². The molecule has 14 heteroatoms. The highest BCUT2D eigenvalue weighted by Crippen LogP contribution is 2.38. The highest BCUT2D eigenvalue weighted by molar-refractivity contribution is 5.87. The minimum atomic E-state index is -0.660. The number of aliphatic hydroxyl groups is 1. The van der Waals surface area contributed by atoms with Gasteiger partial charge in [0, 0.05) is 62.4 Å². The fourth-order valence-electron chi connectivity index (χ4n) is 6.05. The van der Waals surface area contributed by atoms with Gasteiger partial charge in [-0.05, 0) is 99.0 Å². The standard InChI is InChI=1S/C46H57N3O11/c1-34(2)44(55)59-31-29-57-39-17-13-36(14-18-39)46(5,37-15-19-40(20-16-37)58-30-32-60-45(56)35(3)4)22-21-42(53)48(26-9-24-47(6)23-7-11-38(51)33-50)27-10-28-49-25-8-12-41(52)43(49)54/h7-8,11-20,23,25,33,51-52H,1,3,9-10,21-22,24,26-32H2,2,4-6H3/b23-7-,38-11+. The molecule has 0 fully saturated rings. The van der Waals surface area contributed by atoms with Crippen molar-refractivity contribution in [1.29, 1.82) is 0 Å². The summed E-state index contributed by atoms with van der Waals surface area (Å²) < 4.78 is 23.3. The van der Waals surface area contributed by atoms with Gasteiger partial charge in [0.2, 0.25) is 5.91 Å². The van der Waals surface area contributed by atoms with Gasteiger partial charge in [0.05, 0.1) is 0 Å². The Morgan fingerprint density at radius 1 is 0.817 bits per heavy atom. The Hall–Kier alpha value is -6.57. The third-order valence-corrected chi connectivity index (χ3v) is 9.54. The molecule has 0 saturated carbocycles. The Morgan fingerprint density at radius 2 is 1.35 bits per heavy atom. The minimum Gasteiger partial charge on any atom is -0.505 e. The fraction of sp³-hybridized carbons (Fsp3) is 0.370. The number of aromatic hydroxyl groups is 1. The van der Waals surface area contributed by atoms with Gasteiger partial charge in [-0.3, -0.25) is 14.4 Å². The Bertz CT molecular complexity index is 1960.